The maximum absolute atomic E-state index is 12.2. The summed E-state index contributed by atoms with van der Waals surface area (Å²) in [4.78, 5) is -0.0863. The van der Waals surface area contributed by atoms with Crippen molar-refractivity contribution in [3.05, 3.63) is 108 Å². The van der Waals surface area contributed by atoms with Gasteiger partial charge in [-0.2, -0.15) is 8.42 Å². The molecule has 0 aliphatic rings. The first-order chi connectivity index (χ1) is 15.4. The zero-order valence-corrected chi connectivity index (χ0v) is 19.5. The Morgan fingerprint density at radius 2 is 1.25 bits per heavy atom. The van der Waals surface area contributed by atoms with Crippen LogP contribution in [0.3, 0.4) is 0 Å². The third-order valence-corrected chi connectivity index (χ3v) is 8.73. The van der Waals surface area contributed by atoms with Crippen molar-refractivity contribution >= 4 is 34.0 Å². The Morgan fingerprint density at radius 1 is 0.688 bits per heavy atom. The predicted octanol–water partition coefficient (Wildman–Crippen LogP) is 5.10. The average Bonchev–Trinajstić information content (AvgIpc) is 2.78. The summed E-state index contributed by atoms with van der Waals surface area (Å²) < 4.78 is 40.8. The van der Waals surface area contributed by atoms with E-state index in [9.17, 15) is 13.0 Å². The Balaban J connectivity index is 1.95. The minimum absolute atomic E-state index is 0.0863. The van der Waals surface area contributed by atoms with Crippen molar-refractivity contribution in [3.63, 3.8) is 0 Å². The Labute approximate surface area is 190 Å². The highest BCUT2D eigenvalue weighted by atomic mass is 32.2. The van der Waals surface area contributed by atoms with Crippen molar-refractivity contribution in [1.29, 1.82) is 0 Å². The molecule has 32 heavy (non-hydrogen) atoms. The Kier molecular flexibility index (Phi) is 6.43. The number of hydrogen-bond donors (Lipinski definition) is 1. The molecule has 0 radical (unpaired) electrons. The second kappa shape index (κ2) is 9.25. The van der Waals surface area contributed by atoms with Gasteiger partial charge in [-0.15, -0.1) is 0 Å². The lowest BCUT2D eigenvalue weighted by Crippen LogP contribution is -2.25. The fraction of sp³-hybridized carbons (Fsp3) is 0.0769. The number of benzene rings is 4. The SMILES string of the molecule is Cc1cccc(C)c1Oc1ccccc1P(c1ccccc1)c1ccccc1S(=O)(=O)O. The molecule has 0 saturated carbocycles. The van der Waals surface area contributed by atoms with E-state index < -0.39 is 18.0 Å². The van der Waals surface area contributed by atoms with E-state index in [1.807, 2.05) is 86.6 Å². The summed E-state index contributed by atoms with van der Waals surface area (Å²) in [5.74, 6) is 1.44. The fourth-order valence-corrected chi connectivity index (χ4v) is 7.24. The molecular weight excluding hydrogens is 439 g/mol. The molecule has 4 aromatic rings. The summed E-state index contributed by atoms with van der Waals surface area (Å²) in [5, 5.41) is 2.37. The molecule has 0 saturated heterocycles. The fourth-order valence-electron chi connectivity index (χ4n) is 3.64. The van der Waals surface area contributed by atoms with Gasteiger partial charge in [0.15, 0.2) is 0 Å². The second-order valence-corrected chi connectivity index (χ2v) is 10.9. The van der Waals surface area contributed by atoms with E-state index in [4.69, 9.17) is 4.74 Å². The van der Waals surface area contributed by atoms with Crippen molar-refractivity contribution in [1.82, 2.24) is 0 Å². The summed E-state index contributed by atoms with van der Waals surface area (Å²) in [6.45, 7) is 4.00. The Hall–Kier alpha value is -2.98. The van der Waals surface area contributed by atoms with Crippen LogP contribution in [-0.4, -0.2) is 13.0 Å². The highest BCUT2D eigenvalue weighted by Gasteiger charge is 2.27. The van der Waals surface area contributed by atoms with E-state index in [0.717, 1.165) is 27.5 Å². The molecule has 0 aliphatic heterocycles. The van der Waals surface area contributed by atoms with Crippen molar-refractivity contribution in [2.45, 2.75) is 18.7 Å². The van der Waals surface area contributed by atoms with E-state index in [0.29, 0.717) is 11.1 Å². The van der Waals surface area contributed by atoms with Gasteiger partial charge in [0, 0.05) is 10.6 Å². The molecule has 1 N–H and O–H groups in total. The number of aryl methyl sites for hydroxylation is 2. The first kappa shape index (κ1) is 22.2. The van der Waals surface area contributed by atoms with Gasteiger partial charge in [-0.05, 0) is 50.3 Å². The van der Waals surface area contributed by atoms with Crippen molar-refractivity contribution < 1.29 is 17.7 Å². The largest absolute Gasteiger partial charge is 0.456 e. The number of rotatable bonds is 6. The van der Waals surface area contributed by atoms with Gasteiger partial charge in [0.2, 0.25) is 0 Å². The van der Waals surface area contributed by atoms with Gasteiger partial charge in [0.25, 0.3) is 10.1 Å². The quantitative estimate of drug-likeness (QED) is 0.320. The van der Waals surface area contributed by atoms with Crippen LogP contribution >= 0.6 is 7.92 Å². The molecule has 0 aliphatic carbocycles. The third kappa shape index (κ3) is 4.61. The highest BCUT2D eigenvalue weighted by Crippen LogP contribution is 2.40. The monoisotopic (exact) mass is 462 g/mol. The van der Waals surface area contributed by atoms with Gasteiger partial charge in [0.05, 0.1) is 0 Å². The molecule has 0 bridgehead atoms. The predicted molar refractivity (Wildman–Crippen MR) is 131 cm³/mol. The molecule has 1 atom stereocenters. The molecule has 0 spiro atoms. The molecule has 6 heteroatoms. The molecule has 0 amide bonds. The smallest absolute Gasteiger partial charge is 0.295 e. The van der Waals surface area contributed by atoms with Gasteiger partial charge < -0.3 is 4.74 Å². The van der Waals surface area contributed by atoms with Crippen LogP contribution < -0.4 is 20.7 Å². The zero-order chi connectivity index (χ0) is 22.7. The molecule has 4 rings (SSSR count). The van der Waals surface area contributed by atoms with Crippen LogP contribution in [-0.2, 0) is 10.1 Å². The molecule has 4 aromatic carbocycles. The summed E-state index contributed by atoms with van der Waals surface area (Å²) in [7, 11) is -5.74. The van der Waals surface area contributed by atoms with E-state index >= 15 is 0 Å². The molecule has 162 valence electrons. The number of hydrogen-bond acceptors (Lipinski definition) is 3. The van der Waals surface area contributed by atoms with Crippen LogP contribution in [0.25, 0.3) is 0 Å². The van der Waals surface area contributed by atoms with Gasteiger partial charge >= 0.3 is 0 Å². The minimum atomic E-state index is -4.40. The van der Waals surface area contributed by atoms with Gasteiger partial charge in [-0.3, -0.25) is 4.55 Å². The lowest BCUT2D eigenvalue weighted by Gasteiger charge is -2.24. The standard InChI is InChI=1S/C26H23O4PS/c1-19-11-10-12-20(2)26(19)30-22-15-6-7-16-23(22)31(21-13-4-3-5-14-21)24-17-8-9-18-25(24)32(27,28)29/h3-18H,1-2H3,(H,27,28,29). The lowest BCUT2D eigenvalue weighted by atomic mass is 10.1. The highest BCUT2D eigenvalue weighted by molar-refractivity contribution is 7.88. The lowest BCUT2D eigenvalue weighted by molar-refractivity contribution is 0.479. The van der Waals surface area contributed by atoms with Crippen molar-refractivity contribution in [2.24, 2.45) is 0 Å². The van der Waals surface area contributed by atoms with Crippen molar-refractivity contribution in [2.75, 3.05) is 0 Å². The maximum atomic E-state index is 12.2. The van der Waals surface area contributed by atoms with Gasteiger partial charge in [-0.1, -0.05) is 84.9 Å². The number of ether oxygens (including phenoxy) is 1. The summed E-state index contributed by atoms with van der Waals surface area (Å²) in [6.07, 6.45) is 0. The van der Waals surface area contributed by atoms with Crippen LogP contribution in [0.1, 0.15) is 11.1 Å². The number of para-hydroxylation sites is 2. The summed E-state index contributed by atoms with van der Waals surface area (Å²) >= 11 is 0. The first-order valence-corrected chi connectivity index (χ1v) is 12.9. The van der Waals surface area contributed by atoms with Crippen LogP contribution in [0.4, 0.5) is 0 Å². The van der Waals surface area contributed by atoms with E-state index in [1.165, 1.54) is 6.07 Å². The molecule has 0 heterocycles. The zero-order valence-electron chi connectivity index (χ0n) is 17.8. The molecule has 1 unspecified atom stereocenters. The third-order valence-electron chi connectivity index (χ3n) is 5.13. The normalized spacial score (nSPS) is 12.3. The summed E-state index contributed by atoms with van der Waals surface area (Å²) in [6, 6.07) is 30.0. The maximum Gasteiger partial charge on any atom is 0.295 e. The van der Waals surface area contributed by atoms with Gasteiger partial charge in [-0.25, -0.2) is 0 Å². The van der Waals surface area contributed by atoms with E-state index in [2.05, 4.69) is 0 Å². The van der Waals surface area contributed by atoms with E-state index in [1.54, 1.807) is 18.2 Å². The van der Waals surface area contributed by atoms with Crippen LogP contribution in [0, 0.1) is 13.8 Å². The molecular formula is C26H23O4PS. The molecule has 0 fully saturated rings. The summed E-state index contributed by atoms with van der Waals surface area (Å²) in [5.41, 5.74) is 2.03. The van der Waals surface area contributed by atoms with Crippen LogP contribution in [0.5, 0.6) is 11.5 Å². The topological polar surface area (TPSA) is 63.6 Å². The molecule has 4 nitrogen and oxygen atoms in total. The van der Waals surface area contributed by atoms with Crippen molar-refractivity contribution in [3.8, 4) is 11.5 Å². The molecule has 0 aromatic heterocycles. The first-order valence-electron chi connectivity index (χ1n) is 10.1. The Morgan fingerprint density at radius 3 is 1.91 bits per heavy atom. The van der Waals surface area contributed by atoms with Crippen LogP contribution in [0.15, 0.2) is 102 Å². The minimum Gasteiger partial charge on any atom is -0.456 e. The second-order valence-electron chi connectivity index (χ2n) is 7.40. The van der Waals surface area contributed by atoms with Gasteiger partial charge in [0.1, 0.15) is 16.4 Å². The van der Waals surface area contributed by atoms with E-state index in [-0.39, 0.29) is 4.90 Å². The Bertz CT molecular complexity index is 1330. The average molecular weight is 463 g/mol. The van der Waals surface area contributed by atoms with Crippen LogP contribution in [0.2, 0.25) is 0 Å².